The van der Waals surface area contributed by atoms with Gasteiger partial charge in [-0.05, 0) is 93.5 Å². The number of rotatable bonds is 27. The lowest BCUT2D eigenvalue weighted by molar-refractivity contribution is -0.136. The minimum atomic E-state index is -1.19. The predicted molar refractivity (Wildman–Crippen MR) is 292 cm³/mol. The van der Waals surface area contributed by atoms with Gasteiger partial charge in [0.25, 0.3) is 11.8 Å². The number of unbranched alkanes of at least 4 members (excludes halogenated alkanes) is 1. The van der Waals surface area contributed by atoms with Gasteiger partial charge in [0.15, 0.2) is 23.2 Å². The van der Waals surface area contributed by atoms with Gasteiger partial charge >= 0.3 is 0 Å². The quantitative estimate of drug-likeness (QED) is 0.0168. The number of carbonyl (C=O) groups excluding carboxylic acids is 5. The van der Waals surface area contributed by atoms with Gasteiger partial charge in [0.2, 0.25) is 17.7 Å². The molecule has 5 aromatic rings. The summed E-state index contributed by atoms with van der Waals surface area (Å²) < 4.78 is 24.6. The number of hydrogen-bond donors (Lipinski definition) is 7. The Labute approximate surface area is 458 Å². The van der Waals surface area contributed by atoms with Gasteiger partial charge in [-0.1, -0.05) is 32.9 Å². The van der Waals surface area contributed by atoms with Crippen molar-refractivity contribution in [3.8, 4) is 0 Å². The largest absolute Gasteiger partial charge is 0.499 e. The summed E-state index contributed by atoms with van der Waals surface area (Å²) in [4.78, 5) is 87.8. The summed E-state index contributed by atoms with van der Waals surface area (Å²) in [6, 6.07) is 10.9. The van der Waals surface area contributed by atoms with Crippen LogP contribution in [0.2, 0.25) is 0 Å². The van der Waals surface area contributed by atoms with Crippen LogP contribution in [0.1, 0.15) is 118 Å². The third kappa shape index (κ3) is 13.4. The SMILES string of the molecule is CC(C)N(C[C@H]1O[C@@H](n2cnc3c(NCCCCNC(=O)C=COCCOCCOCCNc4cccc5c4C(=O)N(C4CCC(=O)NC4=O)C5=O)ncnc32)[C@H](O)[C@@H]1O)C1CC(CCc2nc3ccc(C(C)(C)C)cc3[nH]2)C1. The van der Waals surface area contributed by atoms with E-state index in [1.54, 1.807) is 23.0 Å². The molecule has 5 amide bonds. The van der Waals surface area contributed by atoms with Crippen LogP contribution in [0, 0.1) is 5.92 Å². The molecule has 5 atom stereocenters. The number of nitrogens with zero attached hydrogens (tertiary/aromatic N) is 7. The molecule has 0 radical (unpaired) electrons. The van der Waals surface area contributed by atoms with Gasteiger partial charge in [-0.2, -0.15) is 0 Å². The Morgan fingerprint density at radius 3 is 2.51 bits per heavy atom. The normalized spacial score (nSPS) is 22.4. The summed E-state index contributed by atoms with van der Waals surface area (Å²) in [7, 11) is 0. The van der Waals surface area contributed by atoms with Crippen LogP contribution in [0.4, 0.5) is 11.5 Å². The third-order valence-electron chi connectivity index (χ3n) is 15.1. The molecule has 0 spiro atoms. The molecule has 9 rings (SSSR count). The lowest BCUT2D eigenvalue weighted by atomic mass is 9.76. The van der Waals surface area contributed by atoms with Crippen molar-refractivity contribution in [1.29, 1.82) is 0 Å². The Bertz CT molecular complexity index is 3000. The summed E-state index contributed by atoms with van der Waals surface area (Å²) in [5.41, 5.74) is 5.26. The Hall–Kier alpha value is -6.89. The van der Waals surface area contributed by atoms with Crippen LogP contribution in [-0.4, -0.2) is 175 Å². The number of aryl methyl sites for hydroxylation is 1. The topological polar surface area (TPSA) is 290 Å². The average molecular weight is 1090 g/mol. The molecule has 424 valence electrons. The van der Waals surface area contributed by atoms with Crippen LogP contribution in [0.15, 0.2) is 61.4 Å². The van der Waals surface area contributed by atoms with E-state index in [9.17, 15) is 34.2 Å². The van der Waals surface area contributed by atoms with E-state index in [4.69, 9.17) is 23.9 Å². The molecule has 7 N–H and O–H groups in total. The van der Waals surface area contributed by atoms with E-state index in [1.807, 2.05) is 0 Å². The van der Waals surface area contributed by atoms with Crippen molar-refractivity contribution in [3.05, 3.63) is 83.9 Å². The maximum atomic E-state index is 13.3. The minimum absolute atomic E-state index is 0.0458. The average Bonchev–Trinajstić information content (AvgIpc) is 4.15. The molecule has 1 unspecified atom stereocenters. The second-order valence-corrected chi connectivity index (χ2v) is 22.0. The molecule has 23 heteroatoms. The van der Waals surface area contributed by atoms with Gasteiger partial charge in [0.1, 0.15) is 43.1 Å². The molecular weight excluding hydrogens is 1020 g/mol. The van der Waals surface area contributed by atoms with Crippen molar-refractivity contribution in [1.82, 2.24) is 49.9 Å². The molecule has 23 nitrogen and oxygen atoms in total. The maximum Gasteiger partial charge on any atom is 0.264 e. The second kappa shape index (κ2) is 25.5. The van der Waals surface area contributed by atoms with E-state index in [2.05, 4.69) is 98.9 Å². The van der Waals surface area contributed by atoms with Crippen LogP contribution in [0.5, 0.6) is 0 Å². The Morgan fingerprint density at radius 2 is 1.72 bits per heavy atom. The molecule has 0 bridgehead atoms. The molecule has 3 fully saturated rings. The fraction of sp³-hybridized carbons (Fsp3) is 0.554. The number of imide groups is 2. The summed E-state index contributed by atoms with van der Waals surface area (Å²) in [6.45, 7) is 14.2. The van der Waals surface area contributed by atoms with Gasteiger partial charge in [0.05, 0.1) is 61.2 Å². The lowest BCUT2D eigenvalue weighted by Crippen LogP contribution is -2.54. The zero-order valence-electron chi connectivity index (χ0n) is 45.6. The molecule has 3 aromatic heterocycles. The number of piperidine rings is 1. The van der Waals surface area contributed by atoms with Gasteiger partial charge < -0.3 is 50.1 Å². The van der Waals surface area contributed by atoms with E-state index >= 15 is 0 Å². The summed E-state index contributed by atoms with van der Waals surface area (Å²) in [5, 5.41) is 34.1. The number of amides is 5. The number of hydrogen-bond acceptors (Lipinski definition) is 18. The van der Waals surface area contributed by atoms with Gasteiger partial charge in [-0.25, -0.2) is 19.9 Å². The summed E-state index contributed by atoms with van der Waals surface area (Å²) in [6.07, 6.45) is 7.45. The Kier molecular flexibility index (Phi) is 18.3. The van der Waals surface area contributed by atoms with Crippen LogP contribution in [-0.2, 0) is 45.2 Å². The number of aliphatic hydroxyl groups is 2. The monoisotopic (exact) mass is 1090 g/mol. The number of aliphatic hydroxyl groups excluding tert-OH is 2. The van der Waals surface area contributed by atoms with Crippen molar-refractivity contribution in [2.24, 2.45) is 5.92 Å². The smallest absolute Gasteiger partial charge is 0.264 e. The fourth-order valence-electron chi connectivity index (χ4n) is 10.7. The van der Waals surface area contributed by atoms with Crippen LogP contribution < -0.4 is 21.3 Å². The van der Waals surface area contributed by atoms with Crippen molar-refractivity contribution in [3.63, 3.8) is 0 Å². The highest BCUT2D eigenvalue weighted by Gasteiger charge is 2.48. The highest BCUT2D eigenvalue weighted by Crippen LogP contribution is 2.39. The molecule has 3 aliphatic heterocycles. The van der Waals surface area contributed by atoms with Crippen LogP contribution >= 0.6 is 0 Å². The first kappa shape index (κ1) is 56.8. The molecule has 4 aliphatic rings. The highest BCUT2D eigenvalue weighted by molar-refractivity contribution is 6.25. The number of anilines is 2. The Morgan fingerprint density at radius 1 is 0.937 bits per heavy atom. The van der Waals surface area contributed by atoms with Crippen molar-refractivity contribution >= 4 is 63.2 Å². The number of aromatic nitrogens is 6. The molecule has 2 aromatic carbocycles. The molecule has 2 saturated heterocycles. The first-order valence-electron chi connectivity index (χ1n) is 27.5. The number of H-pyrrole nitrogens is 1. The number of benzene rings is 2. The molecule has 1 aliphatic carbocycles. The van der Waals surface area contributed by atoms with E-state index < -0.39 is 54.2 Å². The zero-order valence-corrected chi connectivity index (χ0v) is 45.6. The predicted octanol–water partition coefficient (Wildman–Crippen LogP) is 4.13. The molecule has 1 saturated carbocycles. The lowest BCUT2D eigenvalue weighted by Gasteiger charge is -2.46. The number of nitrogens with one attached hydrogen (secondary N) is 5. The minimum Gasteiger partial charge on any atom is -0.499 e. The molecular formula is C56H74N12O11. The van der Waals surface area contributed by atoms with E-state index in [1.165, 1.54) is 30.3 Å². The number of imidazole rings is 2. The Balaban J connectivity index is 0.615. The summed E-state index contributed by atoms with van der Waals surface area (Å²) >= 11 is 0. The van der Waals surface area contributed by atoms with E-state index in [-0.39, 0.29) is 54.5 Å². The van der Waals surface area contributed by atoms with Gasteiger partial charge in [-0.15, -0.1) is 0 Å². The summed E-state index contributed by atoms with van der Waals surface area (Å²) in [5.74, 6) is -0.404. The maximum absolute atomic E-state index is 13.3. The second-order valence-electron chi connectivity index (χ2n) is 22.0. The number of ether oxygens (including phenoxy) is 4. The number of aromatic amines is 1. The van der Waals surface area contributed by atoms with Crippen LogP contribution in [0.25, 0.3) is 22.2 Å². The first-order valence-corrected chi connectivity index (χ1v) is 27.5. The zero-order chi connectivity index (χ0) is 55.8. The third-order valence-corrected chi connectivity index (χ3v) is 15.1. The first-order chi connectivity index (χ1) is 38.0. The van der Waals surface area contributed by atoms with Crippen LogP contribution in [0.3, 0.4) is 0 Å². The number of fused-ring (bicyclic) bond motifs is 3. The van der Waals surface area contributed by atoms with E-state index in [0.29, 0.717) is 87.0 Å². The highest BCUT2D eigenvalue weighted by atomic mass is 16.6. The van der Waals surface area contributed by atoms with Gasteiger partial charge in [0, 0.05) is 62.9 Å². The molecule has 79 heavy (non-hydrogen) atoms. The fourth-order valence-corrected chi connectivity index (χ4v) is 10.7. The van der Waals surface area contributed by atoms with Crippen molar-refractivity contribution in [2.45, 2.75) is 134 Å². The van der Waals surface area contributed by atoms with Gasteiger partial charge in [-0.3, -0.25) is 43.7 Å². The standard InChI is InChI=1S/C56H74N12O11/c1-33(2)66(36-27-34(28-36)11-15-43-63-38-13-12-35(56(3,4)5)29-40(38)64-43)30-42-48(71)49(72)55(79-42)67-32-62-47-50(60-31-61-51(47)67)59-19-7-6-18-58-44(69)17-21-76-23-25-78-26-24-77-22-20-57-39-10-8-9-37-46(39)54(75)68(53(37)74)41-14-16-45(70)65-52(41)73/h8-10,12-13,17,21,29,31-34,36,41-42,48-49,55,57,71-72H,6-7,11,14-16,18-20,22-28,30H2,1-5H3,(H,58,69)(H,63,64)(H,59,60,61)(H,65,70,73)/t34?,36?,41?,42-,48-,49-,55-/m1/s1. The van der Waals surface area contributed by atoms with Crippen molar-refractivity contribution < 1.29 is 53.1 Å². The van der Waals surface area contributed by atoms with E-state index in [0.717, 1.165) is 53.9 Å². The number of carbonyl (C=O) groups is 5. The molecule has 6 heterocycles. The van der Waals surface area contributed by atoms with Crippen molar-refractivity contribution in [2.75, 3.05) is 69.8 Å².